The molecule has 0 radical (unpaired) electrons. The van der Waals surface area contributed by atoms with Crippen molar-refractivity contribution in [3.05, 3.63) is 94.8 Å². The Hall–Kier alpha value is -2.81. The molecule has 0 amide bonds. The average molecular weight is 335 g/mol. The number of benzene rings is 3. The first kappa shape index (κ1) is 17.0. The van der Waals surface area contributed by atoms with Gasteiger partial charge < -0.3 is 10.1 Å². The molecule has 0 saturated heterocycles. The lowest BCUT2D eigenvalue weighted by molar-refractivity contribution is 0.297. The van der Waals surface area contributed by atoms with E-state index in [2.05, 4.69) is 37.4 Å². The van der Waals surface area contributed by atoms with Gasteiger partial charge in [-0.2, -0.15) is 0 Å². The summed E-state index contributed by atoms with van der Waals surface area (Å²) in [6.45, 7) is 5.04. The summed E-state index contributed by atoms with van der Waals surface area (Å²) in [5.74, 6) is 0.524. The first-order valence-corrected chi connectivity index (χ1v) is 8.39. The molecule has 0 aliphatic rings. The quantitative estimate of drug-likeness (QED) is 0.630. The minimum absolute atomic E-state index is 0.216. The van der Waals surface area contributed by atoms with E-state index < -0.39 is 0 Å². The van der Waals surface area contributed by atoms with E-state index in [1.54, 1.807) is 12.1 Å². The van der Waals surface area contributed by atoms with Crippen molar-refractivity contribution < 1.29 is 9.13 Å². The van der Waals surface area contributed by atoms with Gasteiger partial charge >= 0.3 is 0 Å². The molecular weight excluding hydrogens is 313 g/mol. The van der Waals surface area contributed by atoms with Gasteiger partial charge in [-0.05, 0) is 37.6 Å². The van der Waals surface area contributed by atoms with Gasteiger partial charge in [0.15, 0.2) is 0 Å². The van der Waals surface area contributed by atoms with Gasteiger partial charge in [0.2, 0.25) is 0 Å². The minimum Gasteiger partial charge on any atom is -0.488 e. The van der Waals surface area contributed by atoms with E-state index >= 15 is 0 Å². The average Bonchev–Trinajstić information content (AvgIpc) is 2.61. The van der Waals surface area contributed by atoms with Gasteiger partial charge in [-0.25, -0.2) is 4.39 Å². The molecular formula is C22H22FNO. The molecule has 1 N–H and O–H groups in total. The number of nitrogens with one attached hydrogen (secondary N) is 1. The van der Waals surface area contributed by atoms with Crippen LogP contribution in [-0.2, 0) is 13.2 Å². The second-order valence-corrected chi connectivity index (χ2v) is 6.16. The monoisotopic (exact) mass is 335 g/mol. The summed E-state index contributed by atoms with van der Waals surface area (Å²) in [7, 11) is 0. The van der Waals surface area contributed by atoms with Crippen molar-refractivity contribution in [3.8, 4) is 5.75 Å². The van der Waals surface area contributed by atoms with Crippen molar-refractivity contribution in [2.45, 2.75) is 27.0 Å². The van der Waals surface area contributed by atoms with E-state index in [1.807, 2.05) is 30.3 Å². The molecule has 0 heterocycles. The van der Waals surface area contributed by atoms with Crippen molar-refractivity contribution in [1.29, 1.82) is 0 Å². The molecule has 0 bridgehead atoms. The van der Waals surface area contributed by atoms with E-state index in [9.17, 15) is 4.39 Å². The first-order valence-electron chi connectivity index (χ1n) is 8.39. The fourth-order valence-electron chi connectivity index (χ4n) is 2.76. The standard InChI is InChI=1S/C22H22FNO/c1-16-11-12-21(17(2)13-16)24-14-18-7-4-6-10-22(18)25-15-19-8-3-5-9-20(19)23/h3-13,24H,14-15H2,1-2H3. The second kappa shape index (κ2) is 7.84. The van der Waals surface area contributed by atoms with E-state index in [1.165, 1.54) is 17.2 Å². The Bertz CT molecular complexity index is 860. The molecule has 0 atom stereocenters. The van der Waals surface area contributed by atoms with Crippen LogP contribution in [0.1, 0.15) is 22.3 Å². The lowest BCUT2D eigenvalue weighted by Crippen LogP contribution is -2.05. The fourth-order valence-corrected chi connectivity index (χ4v) is 2.76. The molecule has 0 aromatic heterocycles. The number of para-hydroxylation sites is 1. The number of ether oxygens (including phenoxy) is 1. The number of anilines is 1. The minimum atomic E-state index is -0.242. The molecule has 0 unspecified atom stereocenters. The maximum atomic E-state index is 13.7. The maximum Gasteiger partial charge on any atom is 0.129 e. The van der Waals surface area contributed by atoms with Crippen molar-refractivity contribution in [1.82, 2.24) is 0 Å². The Morgan fingerprint density at radius 1 is 0.880 bits per heavy atom. The van der Waals surface area contributed by atoms with Crippen LogP contribution in [0.2, 0.25) is 0 Å². The van der Waals surface area contributed by atoms with Gasteiger partial charge in [0.05, 0.1) is 0 Å². The number of hydrogen-bond donors (Lipinski definition) is 1. The number of aryl methyl sites for hydroxylation is 2. The van der Waals surface area contributed by atoms with E-state index in [0.29, 0.717) is 12.1 Å². The number of rotatable bonds is 6. The summed E-state index contributed by atoms with van der Waals surface area (Å²) in [5.41, 5.74) is 5.16. The maximum absolute atomic E-state index is 13.7. The van der Waals surface area contributed by atoms with Crippen LogP contribution >= 0.6 is 0 Å². The molecule has 3 aromatic rings. The normalized spacial score (nSPS) is 10.5. The van der Waals surface area contributed by atoms with Crippen molar-refractivity contribution >= 4 is 5.69 Å². The zero-order valence-corrected chi connectivity index (χ0v) is 14.6. The zero-order chi connectivity index (χ0) is 17.6. The molecule has 3 rings (SSSR count). The highest BCUT2D eigenvalue weighted by Crippen LogP contribution is 2.23. The molecule has 128 valence electrons. The van der Waals surface area contributed by atoms with E-state index in [0.717, 1.165) is 17.0 Å². The SMILES string of the molecule is Cc1ccc(NCc2ccccc2OCc2ccccc2F)c(C)c1. The van der Waals surface area contributed by atoms with Crippen molar-refractivity contribution in [2.24, 2.45) is 0 Å². The molecule has 2 nitrogen and oxygen atoms in total. The lowest BCUT2D eigenvalue weighted by atomic mass is 10.1. The largest absolute Gasteiger partial charge is 0.488 e. The van der Waals surface area contributed by atoms with Crippen molar-refractivity contribution in [3.63, 3.8) is 0 Å². The lowest BCUT2D eigenvalue weighted by Gasteiger charge is -2.14. The molecule has 25 heavy (non-hydrogen) atoms. The van der Waals surface area contributed by atoms with Gasteiger partial charge in [0.25, 0.3) is 0 Å². The van der Waals surface area contributed by atoms with Crippen LogP contribution in [0.25, 0.3) is 0 Å². The summed E-state index contributed by atoms with van der Waals surface area (Å²) in [4.78, 5) is 0. The van der Waals surface area contributed by atoms with Crippen LogP contribution in [0.5, 0.6) is 5.75 Å². The Morgan fingerprint density at radius 3 is 2.36 bits per heavy atom. The van der Waals surface area contributed by atoms with Gasteiger partial charge in [-0.15, -0.1) is 0 Å². The predicted octanol–water partition coefficient (Wildman–Crippen LogP) is 5.63. The van der Waals surface area contributed by atoms with Crippen LogP contribution in [0.4, 0.5) is 10.1 Å². The summed E-state index contributed by atoms with van der Waals surface area (Å²) >= 11 is 0. The van der Waals surface area contributed by atoms with Crippen LogP contribution in [0.3, 0.4) is 0 Å². The molecule has 0 aliphatic heterocycles. The topological polar surface area (TPSA) is 21.3 Å². The van der Waals surface area contributed by atoms with Crippen LogP contribution in [0.15, 0.2) is 66.7 Å². The van der Waals surface area contributed by atoms with Crippen molar-refractivity contribution in [2.75, 3.05) is 5.32 Å². The zero-order valence-electron chi connectivity index (χ0n) is 14.6. The predicted molar refractivity (Wildman–Crippen MR) is 100 cm³/mol. The molecule has 0 fully saturated rings. The smallest absolute Gasteiger partial charge is 0.129 e. The highest BCUT2D eigenvalue weighted by Gasteiger charge is 2.06. The third-order valence-electron chi connectivity index (χ3n) is 4.16. The Morgan fingerprint density at radius 2 is 1.60 bits per heavy atom. The second-order valence-electron chi connectivity index (χ2n) is 6.16. The van der Waals surface area contributed by atoms with Gasteiger partial charge in [0, 0.05) is 23.4 Å². The van der Waals surface area contributed by atoms with Gasteiger partial charge in [-0.1, -0.05) is 54.1 Å². The summed E-state index contributed by atoms with van der Waals surface area (Å²) in [6, 6.07) is 20.9. The first-order chi connectivity index (χ1) is 12.1. The highest BCUT2D eigenvalue weighted by atomic mass is 19.1. The van der Waals surface area contributed by atoms with Crippen LogP contribution in [0, 0.1) is 19.7 Å². The van der Waals surface area contributed by atoms with Gasteiger partial charge in [-0.3, -0.25) is 0 Å². The summed E-state index contributed by atoms with van der Waals surface area (Å²) in [6.07, 6.45) is 0. The molecule has 3 aromatic carbocycles. The van der Waals surface area contributed by atoms with Crippen LogP contribution < -0.4 is 10.1 Å². The number of halogens is 1. The summed E-state index contributed by atoms with van der Waals surface area (Å²) < 4.78 is 19.6. The fraction of sp³-hybridized carbons (Fsp3) is 0.182. The Balaban J connectivity index is 1.69. The van der Waals surface area contributed by atoms with E-state index in [-0.39, 0.29) is 12.4 Å². The van der Waals surface area contributed by atoms with Gasteiger partial charge in [0.1, 0.15) is 18.2 Å². The molecule has 0 saturated carbocycles. The third kappa shape index (κ3) is 4.38. The molecule has 3 heteroatoms. The van der Waals surface area contributed by atoms with E-state index in [4.69, 9.17) is 4.74 Å². The highest BCUT2D eigenvalue weighted by molar-refractivity contribution is 5.52. The molecule has 0 aliphatic carbocycles. The Labute approximate surface area is 148 Å². The Kier molecular flexibility index (Phi) is 5.34. The third-order valence-corrected chi connectivity index (χ3v) is 4.16. The number of hydrogen-bond acceptors (Lipinski definition) is 2. The van der Waals surface area contributed by atoms with Crippen LogP contribution in [-0.4, -0.2) is 0 Å². The molecule has 0 spiro atoms. The summed E-state index contributed by atoms with van der Waals surface area (Å²) in [5, 5.41) is 3.45.